The second-order valence-electron chi connectivity index (χ2n) is 3.84. The quantitative estimate of drug-likeness (QED) is 0.735. The largest absolute Gasteiger partial charge is 0.497 e. The van der Waals surface area contributed by atoms with Gasteiger partial charge in [-0.25, -0.2) is 0 Å². The fraction of sp³-hybridized carbons (Fsp3) is 0.0714. The predicted octanol–water partition coefficient (Wildman–Crippen LogP) is 4.31. The Labute approximate surface area is 133 Å². The molecule has 0 heterocycles. The van der Waals surface area contributed by atoms with E-state index in [1.165, 1.54) is 0 Å². The summed E-state index contributed by atoms with van der Waals surface area (Å²) in [6, 6.07) is 12.8. The highest BCUT2D eigenvalue weighted by Crippen LogP contribution is 2.24. The molecule has 5 heteroatoms. The smallest absolute Gasteiger partial charge is 0.255 e. The molecule has 2 rings (SSSR count). The minimum atomic E-state index is -0.142. The number of nitrogens with one attached hydrogen (secondary N) is 1. The van der Waals surface area contributed by atoms with Gasteiger partial charge in [-0.2, -0.15) is 0 Å². The van der Waals surface area contributed by atoms with Gasteiger partial charge >= 0.3 is 0 Å². The summed E-state index contributed by atoms with van der Waals surface area (Å²) >= 11 is 5.58. The van der Waals surface area contributed by atoms with E-state index in [1.807, 2.05) is 24.3 Å². The van der Waals surface area contributed by atoms with Gasteiger partial charge in [0, 0.05) is 25.4 Å². The van der Waals surface area contributed by atoms with Crippen LogP contribution in [-0.4, -0.2) is 13.0 Å². The van der Waals surface area contributed by atoms with Crippen molar-refractivity contribution in [3.63, 3.8) is 0 Å². The van der Waals surface area contributed by atoms with Crippen molar-refractivity contribution in [2.75, 3.05) is 12.4 Å². The Hall–Kier alpha value is -1.08. The molecule has 98 valence electrons. The van der Waals surface area contributed by atoms with Crippen LogP contribution < -0.4 is 10.1 Å². The molecule has 0 aliphatic heterocycles. The molecule has 2 aromatic rings. The molecule has 0 atom stereocenters. The van der Waals surface area contributed by atoms with Crippen molar-refractivity contribution in [1.82, 2.24) is 0 Å². The average Bonchev–Trinajstić information content (AvgIpc) is 2.38. The molecule has 0 bridgehead atoms. The number of carbonyl (C=O) groups is 1. The van der Waals surface area contributed by atoms with Gasteiger partial charge in [0.25, 0.3) is 5.91 Å². The van der Waals surface area contributed by atoms with E-state index in [0.717, 1.165) is 8.04 Å². The maximum absolute atomic E-state index is 12.1. The van der Waals surface area contributed by atoms with Gasteiger partial charge in [0.1, 0.15) is 5.75 Å². The van der Waals surface area contributed by atoms with Crippen LogP contribution >= 0.6 is 38.5 Å². The minimum absolute atomic E-state index is 0.142. The number of benzene rings is 2. The number of methoxy groups -OCH3 is 1. The van der Waals surface area contributed by atoms with Crippen molar-refractivity contribution in [3.8, 4) is 5.75 Å². The van der Waals surface area contributed by atoms with E-state index in [1.54, 1.807) is 25.3 Å². The van der Waals surface area contributed by atoms with Crippen molar-refractivity contribution < 1.29 is 9.53 Å². The molecule has 0 unspecified atom stereocenters. The lowest BCUT2D eigenvalue weighted by Crippen LogP contribution is -2.11. The van der Waals surface area contributed by atoms with Crippen LogP contribution in [0, 0.1) is 3.57 Å². The van der Waals surface area contributed by atoms with Crippen LogP contribution in [0.5, 0.6) is 5.75 Å². The first-order valence-corrected chi connectivity index (χ1v) is 7.37. The van der Waals surface area contributed by atoms with Gasteiger partial charge in [0.05, 0.1) is 7.11 Å². The molecule has 0 saturated carbocycles. The van der Waals surface area contributed by atoms with Crippen molar-refractivity contribution in [2.24, 2.45) is 0 Å². The Morgan fingerprint density at radius 2 is 1.89 bits per heavy atom. The molecule has 0 spiro atoms. The molecule has 19 heavy (non-hydrogen) atoms. The third-order valence-electron chi connectivity index (χ3n) is 2.47. The maximum Gasteiger partial charge on any atom is 0.255 e. The summed E-state index contributed by atoms with van der Waals surface area (Å²) < 4.78 is 7.10. The van der Waals surface area contributed by atoms with Crippen molar-refractivity contribution >= 4 is 50.1 Å². The summed E-state index contributed by atoms with van der Waals surface area (Å²) in [4.78, 5) is 12.1. The van der Waals surface area contributed by atoms with Crippen LogP contribution in [0.15, 0.2) is 46.9 Å². The van der Waals surface area contributed by atoms with Crippen LogP contribution in [0.4, 0.5) is 5.69 Å². The topological polar surface area (TPSA) is 38.3 Å². The lowest BCUT2D eigenvalue weighted by Gasteiger charge is -2.08. The number of rotatable bonds is 3. The average molecular weight is 432 g/mol. The highest BCUT2D eigenvalue weighted by Gasteiger charge is 2.07. The van der Waals surface area contributed by atoms with E-state index in [0.29, 0.717) is 17.0 Å². The third kappa shape index (κ3) is 3.94. The molecule has 3 nitrogen and oxygen atoms in total. The first-order valence-electron chi connectivity index (χ1n) is 5.50. The van der Waals surface area contributed by atoms with Gasteiger partial charge in [-0.05, 0) is 59.0 Å². The molecule has 0 aliphatic carbocycles. The number of hydrogen-bond donors (Lipinski definition) is 1. The fourth-order valence-electron chi connectivity index (χ4n) is 1.56. The van der Waals surface area contributed by atoms with E-state index < -0.39 is 0 Å². The molecule has 0 radical (unpaired) electrons. The molecule has 0 saturated heterocycles. The van der Waals surface area contributed by atoms with Gasteiger partial charge in [-0.15, -0.1) is 0 Å². The molecular formula is C14H11BrINO2. The summed E-state index contributed by atoms with van der Waals surface area (Å²) in [5, 5.41) is 2.84. The monoisotopic (exact) mass is 431 g/mol. The summed E-state index contributed by atoms with van der Waals surface area (Å²) in [5.74, 6) is 0.545. The first kappa shape index (κ1) is 14.3. The molecule has 2 aromatic carbocycles. The summed E-state index contributed by atoms with van der Waals surface area (Å²) in [6.07, 6.45) is 0. The van der Waals surface area contributed by atoms with Gasteiger partial charge in [-0.1, -0.05) is 15.9 Å². The van der Waals surface area contributed by atoms with Crippen LogP contribution in [0.2, 0.25) is 0 Å². The number of halogens is 2. The first-order chi connectivity index (χ1) is 9.08. The second-order valence-corrected chi connectivity index (χ2v) is 6.00. The number of ether oxygens (including phenoxy) is 1. The normalized spacial score (nSPS) is 10.1. The summed E-state index contributed by atoms with van der Waals surface area (Å²) in [6.45, 7) is 0. The van der Waals surface area contributed by atoms with Crippen LogP contribution in [0.1, 0.15) is 10.4 Å². The van der Waals surface area contributed by atoms with E-state index in [-0.39, 0.29) is 5.91 Å². The van der Waals surface area contributed by atoms with Crippen molar-refractivity contribution in [3.05, 3.63) is 56.1 Å². The Balaban J connectivity index is 2.18. The van der Waals surface area contributed by atoms with Crippen molar-refractivity contribution in [1.29, 1.82) is 0 Å². The van der Waals surface area contributed by atoms with Gasteiger partial charge in [0.2, 0.25) is 0 Å². The van der Waals surface area contributed by atoms with E-state index in [4.69, 9.17) is 4.74 Å². The van der Waals surface area contributed by atoms with Crippen LogP contribution in [0.25, 0.3) is 0 Å². The maximum atomic E-state index is 12.1. The third-order valence-corrected chi connectivity index (χ3v) is 3.65. The molecule has 0 fully saturated rings. The highest BCUT2D eigenvalue weighted by atomic mass is 127. The number of amides is 1. The Bertz CT molecular complexity index is 599. The molecule has 0 aliphatic rings. The van der Waals surface area contributed by atoms with E-state index in [2.05, 4.69) is 43.8 Å². The molecule has 1 N–H and O–H groups in total. The van der Waals surface area contributed by atoms with E-state index in [9.17, 15) is 4.79 Å². The van der Waals surface area contributed by atoms with Crippen LogP contribution in [-0.2, 0) is 0 Å². The molecule has 0 aromatic heterocycles. The SMILES string of the molecule is COc1cc(Br)cc(NC(=O)c2ccc(I)cc2)c1. The highest BCUT2D eigenvalue weighted by molar-refractivity contribution is 14.1. The predicted molar refractivity (Wildman–Crippen MR) is 87.8 cm³/mol. The number of carbonyl (C=O) groups excluding carboxylic acids is 1. The molecular weight excluding hydrogens is 421 g/mol. The Morgan fingerprint density at radius 3 is 2.53 bits per heavy atom. The standard InChI is InChI=1S/C14H11BrINO2/c1-19-13-7-10(15)6-12(8-13)17-14(18)9-2-4-11(16)5-3-9/h2-8H,1H3,(H,17,18). The van der Waals surface area contributed by atoms with Crippen LogP contribution in [0.3, 0.4) is 0 Å². The number of hydrogen-bond acceptors (Lipinski definition) is 2. The number of anilines is 1. The lowest BCUT2D eigenvalue weighted by atomic mass is 10.2. The van der Waals surface area contributed by atoms with Gasteiger partial charge < -0.3 is 10.1 Å². The zero-order valence-electron chi connectivity index (χ0n) is 10.1. The zero-order chi connectivity index (χ0) is 13.8. The summed E-state index contributed by atoms with van der Waals surface area (Å²) in [5.41, 5.74) is 1.31. The fourth-order valence-corrected chi connectivity index (χ4v) is 2.39. The van der Waals surface area contributed by atoms with Gasteiger partial charge in [0.15, 0.2) is 0 Å². The Kier molecular flexibility index (Phi) is 4.81. The van der Waals surface area contributed by atoms with Crippen molar-refractivity contribution in [2.45, 2.75) is 0 Å². The zero-order valence-corrected chi connectivity index (χ0v) is 13.9. The van der Waals surface area contributed by atoms with Gasteiger partial charge in [-0.3, -0.25) is 4.79 Å². The minimum Gasteiger partial charge on any atom is -0.497 e. The Morgan fingerprint density at radius 1 is 1.21 bits per heavy atom. The van der Waals surface area contributed by atoms with E-state index >= 15 is 0 Å². The summed E-state index contributed by atoms with van der Waals surface area (Å²) in [7, 11) is 1.59. The molecule has 1 amide bonds. The second kappa shape index (κ2) is 6.38. The lowest BCUT2D eigenvalue weighted by molar-refractivity contribution is 0.102.